The van der Waals surface area contributed by atoms with Gasteiger partial charge in [0.15, 0.2) is 0 Å². The zero-order valence-electron chi connectivity index (χ0n) is 17.5. The highest BCUT2D eigenvalue weighted by atomic mass is 32.2. The maximum Gasteiger partial charge on any atom is 0.246 e. The quantitative estimate of drug-likeness (QED) is 0.735. The highest BCUT2D eigenvalue weighted by molar-refractivity contribution is 7.89. The van der Waals surface area contributed by atoms with Crippen molar-refractivity contribution in [3.05, 3.63) is 11.4 Å². The van der Waals surface area contributed by atoms with E-state index < -0.39 is 10.0 Å². The molecule has 1 aromatic heterocycles. The predicted molar refractivity (Wildman–Crippen MR) is 108 cm³/mol. The molecule has 2 aliphatic heterocycles. The number of carbonyl (C=O) groups is 1. The third-order valence-electron chi connectivity index (χ3n) is 6.73. The van der Waals surface area contributed by atoms with Gasteiger partial charge in [-0.25, -0.2) is 8.42 Å². The van der Waals surface area contributed by atoms with Crippen LogP contribution in [-0.4, -0.2) is 72.2 Å². The number of hydrogen-bond donors (Lipinski definition) is 0. The van der Waals surface area contributed by atoms with E-state index in [-0.39, 0.29) is 17.3 Å². The van der Waals surface area contributed by atoms with Crippen molar-refractivity contribution in [2.75, 3.05) is 32.8 Å². The zero-order chi connectivity index (χ0) is 20.6. The maximum absolute atomic E-state index is 13.1. The molecule has 162 valence electrons. The zero-order valence-corrected chi connectivity index (χ0v) is 18.3. The number of sulfonamides is 1. The molecule has 3 aliphatic rings. The largest absolute Gasteiger partial charge is 0.379 e. The number of ether oxygens (including phenoxy) is 1. The second kappa shape index (κ2) is 8.35. The summed E-state index contributed by atoms with van der Waals surface area (Å²) in [7, 11) is -3.64. The van der Waals surface area contributed by atoms with Crippen LogP contribution in [0.2, 0.25) is 0 Å². The van der Waals surface area contributed by atoms with E-state index in [9.17, 15) is 13.2 Å². The van der Waals surface area contributed by atoms with Gasteiger partial charge < -0.3 is 9.64 Å². The minimum atomic E-state index is -3.64. The Kier molecular flexibility index (Phi) is 5.99. The second-order valence-electron chi connectivity index (χ2n) is 8.52. The number of carbonyl (C=O) groups excluding carboxylic acids is 1. The van der Waals surface area contributed by atoms with Gasteiger partial charge in [0, 0.05) is 25.7 Å². The van der Waals surface area contributed by atoms with Gasteiger partial charge in [-0.3, -0.25) is 9.48 Å². The summed E-state index contributed by atoms with van der Waals surface area (Å²) < 4.78 is 34.6. The first-order chi connectivity index (χ1) is 13.9. The summed E-state index contributed by atoms with van der Waals surface area (Å²) in [6.07, 6.45) is 7.04. The van der Waals surface area contributed by atoms with Crippen molar-refractivity contribution >= 4 is 15.9 Å². The van der Waals surface area contributed by atoms with E-state index in [2.05, 4.69) is 5.10 Å². The van der Waals surface area contributed by atoms with Crippen LogP contribution in [0.1, 0.15) is 49.9 Å². The standard InChI is InChI=1S/C20H32N4O4S/c1-15-20(29(26,27)22-10-12-28-13-11-22)16(2)24(21-15)14-19(25)23-9-5-7-17-6-3-4-8-18(17)23/h17-18H,3-14H2,1-2H3/t17-,18-/m1/s1. The normalized spacial score (nSPS) is 26.3. The van der Waals surface area contributed by atoms with Crippen LogP contribution < -0.4 is 0 Å². The smallest absolute Gasteiger partial charge is 0.246 e. The van der Waals surface area contributed by atoms with Crippen LogP contribution in [0.3, 0.4) is 0 Å². The fourth-order valence-electron chi connectivity index (χ4n) is 5.28. The summed E-state index contributed by atoms with van der Waals surface area (Å²) in [5, 5.41) is 4.44. The van der Waals surface area contributed by atoms with Crippen molar-refractivity contribution in [3.63, 3.8) is 0 Å². The molecule has 0 N–H and O–H groups in total. The summed E-state index contributed by atoms with van der Waals surface area (Å²) in [6.45, 7) is 5.87. The van der Waals surface area contributed by atoms with E-state index >= 15 is 0 Å². The first-order valence-electron chi connectivity index (χ1n) is 10.8. The minimum Gasteiger partial charge on any atom is -0.379 e. The molecule has 8 nitrogen and oxygen atoms in total. The van der Waals surface area contributed by atoms with Gasteiger partial charge in [0.2, 0.25) is 15.9 Å². The summed E-state index contributed by atoms with van der Waals surface area (Å²) in [4.78, 5) is 15.4. The van der Waals surface area contributed by atoms with Crippen LogP contribution in [0.15, 0.2) is 4.90 Å². The van der Waals surface area contributed by atoms with Crippen LogP contribution in [-0.2, 0) is 26.1 Å². The Morgan fingerprint density at radius 3 is 2.52 bits per heavy atom. The fraction of sp³-hybridized carbons (Fsp3) is 0.800. The lowest BCUT2D eigenvalue weighted by molar-refractivity contribution is -0.138. The van der Waals surface area contributed by atoms with Gasteiger partial charge in [0.05, 0.1) is 24.6 Å². The third kappa shape index (κ3) is 3.96. The topological polar surface area (TPSA) is 84.7 Å². The van der Waals surface area contributed by atoms with Gasteiger partial charge in [0.25, 0.3) is 0 Å². The number of aromatic nitrogens is 2. The van der Waals surface area contributed by atoms with Crippen LogP contribution >= 0.6 is 0 Å². The van der Waals surface area contributed by atoms with Crippen molar-refractivity contribution in [2.24, 2.45) is 5.92 Å². The number of aryl methyl sites for hydroxylation is 1. The molecule has 3 heterocycles. The molecule has 0 spiro atoms. The van der Waals surface area contributed by atoms with Crippen LogP contribution in [0.25, 0.3) is 0 Å². The minimum absolute atomic E-state index is 0.0579. The van der Waals surface area contributed by atoms with Gasteiger partial charge in [-0.05, 0) is 45.4 Å². The molecule has 9 heteroatoms. The third-order valence-corrected chi connectivity index (χ3v) is 8.88. The Morgan fingerprint density at radius 2 is 1.76 bits per heavy atom. The maximum atomic E-state index is 13.1. The molecule has 1 aliphatic carbocycles. The van der Waals surface area contributed by atoms with Gasteiger partial charge >= 0.3 is 0 Å². The average Bonchev–Trinajstić information content (AvgIpc) is 3.01. The number of rotatable bonds is 4. The predicted octanol–water partition coefficient (Wildman–Crippen LogP) is 1.70. The average molecular weight is 425 g/mol. The fourth-order valence-corrected chi connectivity index (χ4v) is 7.06. The van der Waals surface area contributed by atoms with Crippen molar-refractivity contribution in [2.45, 2.75) is 69.9 Å². The molecule has 1 saturated carbocycles. The Bertz CT molecular complexity index is 858. The molecule has 4 rings (SSSR count). The number of likely N-dealkylation sites (tertiary alicyclic amines) is 1. The molecule has 0 radical (unpaired) electrons. The number of nitrogens with zero attached hydrogens (tertiary/aromatic N) is 4. The molecule has 0 aromatic carbocycles. The van der Waals surface area contributed by atoms with Crippen molar-refractivity contribution in [1.82, 2.24) is 19.0 Å². The molecule has 1 amide bonds. The molecule has 1 aromatic rings. The number of amides is 1. The van der Waals surface area contributed by atoms with E-state index in [0.29, 0.717) is 49.7 Å². The summed E-state index contributed by atoms with van der Waals surface area (Å²) in [6, 6.07) is 0.346. The number of fused-ring (bicyclic) bond motifs is 1. The lowest BCUT2D eigenvalue weighted by Gasteiger charge is -2.44. The van der Waals surface area contributed by atoms with E-state index in [1.54, 1.807) is 18.5 Å². The summed E-state index contributed by atoms with van der Waals surface area (Å²) in [5.74, 6) is 0.682. The van der Waals surface area contributed by atoms with E-state index in [4.69, 9.17) is 4.74 Å². The number of hydrogen-bond acceptors (Lipinski definition) is 5. The van der Waals surface area contributed by atoms with Crippen molar-refractivity contribution in [3.8, 4) is 0 Å². The molecular formula is C20H32N4O4S. The lowest BCUT2D eigenvalue weighted by atomic mass is 9.78. The first kappa shape index (κ1) is 20.8. The number of piperidine rings is 1. The summed E-state index contributed by atoms with van der Waals surface area (Å²) in [5.41, 5.74) is 0.996. The van der Waals surface area contributed by atoms with Crippen LogP contribution in [0.5, 0.6) is 0 Å². The second-order valence-corrected chi connectivity index (χ2v) is 10.4. The van der Waals surface area contributed by atoms with Gasteiger partial charge in [-0.15, -0.1) is 0 Å². The molecule has 0 unspecified atom stereocenters. The Morgan fingerprint density at radius 1 is 1.07 bits per heavy atom. The first-order valence-corrected chi connectivity index (χ1v) is 12.2. The van der Waals surface area contributed by atoms with Gasteiger partial charge in [0.1, 0.15) is 11.4 Å². The molecular weight excluding hydrogens is 392 g/mol. The van der Waals surface area contributed by atoms with Gasteiger partial charge in [-0.2, -0.15) is 9.40 Å². The van der Waals surface area contributed by atoms with Crippen molar-refractivity contribution in [1.29, 1.82) is 0 Å². The Labute approximate surface area is 173 Å². The van der Waals surface area contributed by atoms with Crippen LogP contribution in [0.4, 0.5) is 0 Å². The monoisotopic (exact) mass is 424 g/mol. The Hall–Kier alpha value is -1.45. The molecule has 2 atom stereocenters. The van der Waals surface area contributed by atoms with Crippen LogP contribution in [0, 0.1) is 19.8 Å². The van der Waals surface area contributed by atoms with Crippen molar-refractivity contribution < 1.29 is 17.9 Å². The van der Waals surface area contributed by atoms with E-state index in [1.165, 1.54) is 30.0 Å². The van der Waals surface area contributed by atoms with E-state index in [1.807, 2.05) is 4.90 Å². The molecule has 0 bridgehead atoms. The SMILES string of the molecule is Cc1nn(CC(=O)N2CCC[C@H]3CCCC[C@H]32)c(C)c1S(=O)(=O)N1CCOCC1. The van der Waals surface area contributed by atoms with Gasteiger partial charge in [-0.1, -0.05) is 12.8 Å². The Balaban J connectivity index is 1.54. The number of morpholine rings is 1. The highest BCUT2D eigenvalue weighted by Gasteiger charge is 2.37. The summed E-state index contributed by atoms with van der Waals surface area (Å²) >= 11 is 0. The van der Waals surface area contributed by atoms with E-state index in [0.717, 1.165) is 19.4 Å². The molecule has 3 fully saturated rings. The highest BCUT2D eigenvalue weighted by Crippen LogP contribution is 2.35. The molecule has 2 saturated heterocycles. The lowest BCUT2D eigenvalue weighted by Crippen LogP contribution is -2.50. The molecule has 29 heavy (non-hydrogen) atoms.